The fraction of sp³-hybridized carbons (Fsp3) is 0.500. The molecule has 0 saturated carbocycles. The summed E-state index contributed by atoms with van der Waals surface area (Å²) >= 11 is 0. The Labute approximate surface area is 66.1 Å². The quantitative estimate of drug-likeness (QED) is 0.485. The minimum Gasteiger partial charge on any atom is -0.264 e. The van der Waals surface area contributed by atoms with Crippen LogP contribution >= 0.6 is 0 Å². The van der Waals surface area contributed by atoms with E-state index in [1.54, 1.807) is 0 Å². The van der Waals surface area contributed by atoms with Crippen molar-refractivity contribution in [3.05, 3.63) is 28.7 Å². The first kappa shape index (κ1) is 7.98. The van der Waals surface area contributed by atoms with Crippen LogP contribution in [0.4, 0.5) is 0 Å². The van der Waals surface area contributed by atoms with Gasteiger partial charge in [0.15, 0.2) is 0 Å². The van der Waals surface area contributed by atoms with Crippen molar-refractivity contribution in [3.8, 4) is 0 Å². The van der Waals surface area contributed by atoms with Crippen molar-refractivity contribution < 1.29 is 0 Å². The summed E-state index contributed by atoms with van der Waals surface area (Å²) < 4.78 is 0. The molecule has 3 heteroatoms. The van der Waals surface area contributed by atoms with Gasteiger partial charge in [-0.25, -0.2) is 0 Å². The van der Waals surface area contributed by atoms with Gasteiger partial charge in [0.25, 0.3) is 0 Å². The molecule has 1 aliphatic rings. The number of nitroso groups, excluding NO2 is 1. The van der Waals surface area contributed by atoms with Crippen LogP contribution in [0.5, 0.6) is 0 Å². The third kappa shape index (κ3) is 1.90. The molecule has 1 rings (SSSR count). The molecule has 1 N–H and O–H groups in total. The molecule has 0 heterocycles. The SMILES string of the molecule is CC1=CCC(C)(NN=O)C=C1. The first-order valence-corrected chi connectivity index (χ1v) is 3.62. The largest absolute Gasteiger partial charge is 0.264 e. The van der Waals surface area contributed by atoms with Crippen LogP contribution in [0.1, 0.15) is 20.3 Å². The van der Waals surface area contributed by atoms with E-state index in [9.17, 15) is 4.91 Å². The van der Waals surface area contributed by atoms with E-state index in [4.69, 9.17) is 0 Å². The fourth-order valence-electron chi connectivity index (χ4n) is 1.01. The molecule has 0 aromatic heterocycles. The van der Waals surface area contributed by atoms with Crippen LogP contribution in [0.3, 0.4) is 0 Å². The molecular formula is C8H12N2O. The zero-order valence-corrected chi connectivity index (χ0v) is 6.79. The Morgan fingerprint density at radius 1 is 1.73 bits per heavy atom. The van der Waals surface area contributed by atoms with Gasteiger partial charge in [-0.1, -0.05) is 23.8 Å². The summed E-state index contributed by atoms with van der Waals surface area (Å²) in [6.45, 7) is 3.97. The van der Waals surface area contributed by atoms with Crippen LogP contribution in [0.15, 0.2) is 29.1 Å². The highest BCUT2D eigenvalue weighted by atomic mass is 16.3. The van der Waals surface area contributed by atoms with Crippen molar-refractivity contribution in [2.24, 2.45) is 5.29 Å². The van der Waals surface area contributed by atoms with Gasteiger partial charge in [-0.2, -0.15) is 0 Å². The number of nitrogens with one attached hydrogen (secondary N) is 1. The minimum absolute atomic E-state index is 0.277. The Morgan fingerprint density at radius 2 is 2.45 bits per heavy atom. The average Bonchev–Trinajstić information content (AvgIpc) is 1.97. The molecule has 0 radical (unpaired) electrons. The maximum Gasteiger partial charge on any atom is 0.0769 e. The summed E-state index contributed by atoms with van der Waals surface area (Å²) in [5.74, 6) is 0. The maximum atomic E-state index is 9.94. The lowest BCUT2D eigenvalue weighted by molar-refractivity contribution is 0.449. The van der Waals surface area contributed by atoms with Crippen LogP contribution in [0.2, 0.25) is 0 Å². The fourth-order valence-corrected chi connectivity index (χ4v) is 1.01. The number of rotatable bonds is 2. The van der Waals surface area contributed by atoms with Crippen molar-refractivity contribution >= 4 is 0 Å². The molecule has 0 fully saturated rings. The van der Waals surface area contributed by atoms with E-state index in [0.29, 0.717) is 0 Å². The highest BCUT2D eigenvalue weighted by molar-refractivity contribution is 5.26. The van der Waals surface area contributed by atoms with E-state index in [2.05, 4.69) is 16.8 Å². The molecule has 0 spiro atoms. The molecule has 0 aromatic carbocycles. The van der Waals surface area contributed by atoms with Gasteiger partial charge >= 0.3 is 0 Å². The van der Waals surface area contributed by atoms with Crippen molar-refractivity contribution in [2.75, 3.05) is 0 Å². The Balaban J connectivity index is 2.65. The van der Waals surface area contributed by atoms with Gasteiger partial charge < -0.3 is 0 Å². The van der Waals surface area contributed by atoms with Gasteiger partial charge in [-0.3, -0.25) is 5.43 Å². The molecule has 60 valence electrons. The third-order valence-corrected chi connectivity index (χ3v) is 1.86. The van der Waals surface area contributed by atoms with Gasteiger partial charge in [0.05, 0.1) is 10.8 Å². The molecule has 0 aromatic rings. The highest BCUT2D eigenvalue weighted by Gasteiger charge is 2.20. The summed E-state index contributed by atoms with van der Waals surface area (Å²) in [5.41, 5.74) is 3.47. The second kappa shape index (κ2) is 2.86. The topological polar surface area (TPSA) is 41.5 Å². The molecule has 0 amide bonds. The van der Waals surface area contributed by atoms with E-state index in [-0.39, 0.29) is 5.54 Å². The summed E-state index contributed by atoms with van der Waals surface area (Å²) in [5, 5.41) is 2.68. The molecule has 1 atom stereocenters. The van der Waals surface area contributed by atoms with Crippen molar-refractivity contribution in [1.29, 1.82) is 0 Å². The number of allylic oxidation sites excluding steroid dienone is 2. The summed E-state index contributed by atoms with van der Waals surface area (Å²) in [7, 11) is 0. The number of hydrogen-bond acceptors (Lipinski definition) is 2. The molecule has 1 unspecified atom stereocenters. The Kier molecular flexibility index (Phi) is 2.08. The number of hydrogen-bond donors (Lipinski definition) is 1. The summed E-state index contributed by atoms with van der Waals surface area (Å²) in [4.78, 5) is 9.94. The second-order valence-corrected chi connectivity index (χ2v) is 3.11. The molecular weight excluding hydrogens is 140 g/mol. The van der Waals surface area contributed by atoms with Crippen LogP contribution in [0.25, 0.3) is 0 Å². The third-order valence-electron chi connectivity index (χ3n) is 1.86. The molecule has 0 bridgehead atoms. The smallest absolute Gasteiger partial charge is 0.0769 e. The lowest BCUT2D eigenvalue weighted by Crippen LogP contribution is -2.36. The molecule has 3 nitrogen and oxygen atoms in total. The molecule has 11 heavy (non-hydrogen) atoms. The summed E-state index contributed by atoms with van der Waals surface area (Å²) in [6.07, 6.45) is 6.85. The van der Waals surface area contributed by atoms with Crippen LogP contribution in [-0.4, -0.2) is 5.54 Å². The Bertz CT molecular complexity index is 220. The van der Waals surface area contributed by atoms with E-state index < -0.39 is 0 Å². The minimum atomic E-state index is -0.277. The standard InChI is InChI=1S/C8H12N2O/c1-7-3-5-8(2,6-4-7)9-10-11/h3-5H,6H2,1-2H3,(H,9,11). The van der Waals surface area contributed by atoms with Gasteiger partial charge in [-0.15, -0.1) is 4.91 Å². The molecule has 0 aliphatic heterocycles. The van der Waals surface area contributed by atoms with Gasteiger partial charge in [0.2, 0.25) is 0 Å². The highest BCUT2D eigenvalue weighted by Crippen LogP contribution is 2.19. The van der Waals surface area contributed by atoms with Crippen LogP contribution < -0.4 is 5.43 Å². The zero-order valence-electron chi connectivity index (χ0n) is 6.79. The van der Waals surface area contributed by atoms with E-state index in [0.717, 1.165) is 6.42 Å². The lowest BCUT2D eigenvalue weighted by atomic mass is 9.92. The van der Waals surface area contributed by atoms with E-state index in [1.807, 2.05) is 26.0 Å². The predicted octanol–water partition coefficient (Wildman–Crippen LogP) is 1.92. The zero-order chi connectivity index (χ0) is 8.32. The first-order valence-electron chi connectivity index (χ1n) is 3.62. The molecule has 1 aliphatic carbocycles. The van der Waals surface area contributed by atoms with Crippen molar-refractivity contribution in [3.63, 3.8) is 0 Å². The number of nitrogens with zero attached hydrogens (tertiary/aromatic N) is 1. The van der Waals surface area contributed by atoms with Crippen molar-refractivity contribution in [1.82, 2.24) is 5.43 Å². The maximum absolute atomic E-state index is 9.94. The Hall–Kier alpha value is -1.12. The van der Waals surface area contributed by atoms with Gasteiger partial charge in [-0.05, 0) is 20.3 Å². The van der Waals surface area contributed by atoms with Crippen molar-refractivity contribution in [2.45, 2.75) is 25.8 Å². The van der Waals surface area contributed by atoms with E-state index in [1.165, 1.54) is 5.57 Å². The van der Waals surface area contributed by atoms with E-state index >= 15 is 0 Å². The monoisotopic (exact) mass is 152 g/mol. The lowest BCUT2D eigenvalue weighted by Gasteiger charge is -2.24. The van der Waals surface area contributed by atoms with Gasteiger partial charge in [0, 0.05) is 0 Å². The normalized spacial score (nSPS) is 29.5. The summed E-state index contributed by atoms with van der Waals surface area (Å²) in [6, 6.07) is 0. The second-order valence-electron chi connectivity index (χ2n) is 3.11. The average molecular weight is 152 g/mol. The van der Waals surface area contributed by atoms with Crippen LogP contribution in [0, 0.1) is 4.91 Å². The molecule has 0 saturated heterocycles. The van der Waals surface area contributed by atoms with Gasteiger partial charge in [0.1, 0.15) is 0 Å². The predicted molar refractivity (Wildman–Crippen MR) is 44.8 cm³/mol. The van der Waals surface area contributed by atoms with Crippen LogP contribution in [-0.2, 0) is 0 Å². The first-order chi connectivity index (χ1) is 5.16. The Morgan fingerprint density at radius 3 is 2.91 bits per heavy atom.